The summed E-state index contributed by atoms with van der Waals surface area (Å²) in [6, 6.07) is 0. The van der Waals surface area contributed by atoms with E-state index < -0.39 is 0 Å². The average molecular weight is 157 g/mol. The molecule has 3 heteroatoms. The molecule has 1 amide bonds. The summed E-state index contributed by atoms with van der Waals surface area (Å²) < 4.78 is 4.99. The number of amides is 1. The molecule has 1 aliphatic carbocycles. The van der Waals surface area contributed by atoms with E-state index in [9.17, 15) is 4.79 Å². The third kappa shape index (κ3) is 1.53. The van der Waals surface area contributed by atoms with Gasteiger partial charge in [-0.2, -0.15) is 0 Å². The predicted molar refractivity (Wildman–Crippen MR) is 42.2 cm³/mol. The van der Waals surface area contributed by atoms with Gasteiger partial charge in [0.1, 0.15) is 0 Å². The fourth-order valence-corrected chi connectivity index (χ4v) is 1.32. The van der Waals surface area contributed by atoms with Crippen molar-refractivity contribution in [1.29, 1.82) is 0 Å². The molecule has 0 spiro atoms. The van der Waals surface area contributed by atoms with Crippen LogP contribution in [0.15, 0.2) is 0 Å². The Morgan fingerprint density at radius 2 is 2.09 bits per heavy atom. The molecule has 0 aromatic rings. The van der Waals surface area contributed by atoms with Crippen LogP contribution in [0.5, 0.6) is 0 Å². The Balaban J connectivity index is 2.51. The maximum atomic E-state index is 11.5. The molecular formula is C8H15NO2. The molecule has 0 atom stereocenters. The van der Waals surface area contributed by atoms with Crippen molar-refractivity contribution in [3.8, 4) is 0 Å². The van der Waals surface area contributed by atoms with Crippen LogP contribution in [0, 0.1) is 5.41 Å². The van der Waals surface area contributed by atoms with E-state index in [1.165, 1.54) is 0 Å². The predicted octanol–water partition coefficient (Wildman–Crippen LogP) is 0.501. The van der Waals surface area contributed by atoms with E-state index in [2.05, 4.69) is 0 Å². The topological polar surface area (TPSA) is 29.5 Å². The zero-order valence-electron chi connectivity index (χ0n) is 7.39. The first kappa shape index (κ1) is 8.53. The highest BCUT2D eigenvalue weighted by molar-refractivity contribution is 5.85. The number of carbonyl (C=O) groups is 1. The Morgan fingerprint density at radius 3 is 2.36 bits per heavy atom. The molecule has 3 nitrogen and oxygen atoms in total. The van der Waals surface area contributed by atoms with Crippen LogP contribution in [0.1, 0.15) is 12.8 Å². The molecule has 0 aromatic heterocycles. The van der Waals surface area contributed by atoms with Crippen molar-refractivity contribution in [2.45, 2.75) is 12.8 Å². The summed E-state index contributed by atoms with van der Waals surface area (Å²) in [4.78, 5) is 13.1. The van der Waals surface area contributed by atoms with Crippen LogP contribution in [0.25, 0.3) is 0 Å². The molecule has 0 aromatic carbocycles. The summed E-state index contributed by atoms with van der Waals surface area (Å²) in [5.74, 6) is 0.208. The summed E-state index contributed by atoms with van der Waals surface area (Å²) in [5.41, 5.74) is -0.155. The van der Waals surface area contributed by atoms with Crippen molar-refractivity contribution in [3.63, 3.8) is 0 Å². The van der Waals surface area contributed by atoms with Crippen LogP contribution in [-0.4, -0.2) is 38.6 Å². The number of hydrogen-bond donors (Lipinski definition) is 0. The molecular weight excluding hydrogens is 142 g/mol. The molecule has 0 heterocycles. The zero-order chi connectivity index (χ0) is 8.48. The normalized spacial score (nSPS) is 19.5. The average Bonchev–Trinajstić information content (AvgIpc) is 2.69. The van der Waals surface area contributed by atoms with E-state index in [-0.39, 0.29) is 11.3 Å². The first-order valence-electron chi connectivity index (χ1n) is 3.83. The maximum Gasteiger partial charge on any atom is 0.230 e. The number of rotatable bonds is 3. The maximum absolute atomic E-state index is 11.5. The fourth-order valence-electron chi connectivity index (χ4n) is 1.32. The van der Waals surface area contributed by atoms with Gasteiger partial charge in [-0.05, 0) is 12.8 Å². The van der Waals surface area contributed by atoms with Gasteiger partial charge in [-0.1, -0.05) is 0 Å². The molecule has 0 saturated heterocycles. The largest absolute Gasteiger partial charge is 0.384 e. The lowest BCUT2D eigenvalue weighted by Crippen LogP contribution is -2.33. The molecule has 0 radical (unpaired) electrons. The Morgan fingerprint density at radius 1 is 1.55 bits per heavy atom. The van der Waals surface area contributed by atoms with Crippen molar-refractivity contribution >= 4 is 5.91 Å². The Bertz CT molecular complexity index is 161. The van der Waals surface area contributed by atoms with Gasteiger partial charge in [0, 0.05) is 21.2 Å². The van der Waals surface area contributed by atoms with Crippen LogP contribution in [0.4, 0.5) is 0 Å². The van der Waals surface area contributed by atoms with Crippen molar-refractivity contribution in [1.82, 2.24) is 4.90 Å². The first-order chi connectivity index (χ1) is 5.12. The Hall–Kier alpha value is -0.570. The molecule has 11 heavy (non-hydrogen) atoms. The van der Waals surface area contributed by atoms with Crippen LogP contribution < -0.4 is 0 Å². The van der Waals surface area contributed by atoms with Crippen LogP contribution in [0.2, 0.25) is 0 Å². The molecule has 0 bridgehead atoms. The summed E-state index contributed by atoms with van der Waals surface area (Å²) in [6.45, 7) is 0.573. The van der Waals surface area contributed by atoms with Gasteiger partial charge in [0.25, 0.3) is 0 Å². The van der Waals surface area contributed by atoms with Gasteiger partial charge in [0.15, 0.2) is 0 Å². The molecule has 1 fully saturated rings. The monoisotopic (exact) mass is 157 g/mol. The number of ether oxygens (including phenoxy) is 1. The number of methoxy groups -OCH3 is 1. The number of hydrogen-bond acceptors (Lipinski definition) is 2. The zero-order valence-corrected chi connectivity index (χ0v) is 7.39. The molecule has 0 unspecified atom stereocenters. The van der Waals surface area contributed by atoms with Crippen molar-refractivity contribution < 1.29 is 9.53 Å². The summed E-state index contributed by atoms with van der Waals surface area (Å²) >= 11 is 0. The quantitative estimate of drug-likeness (QED) is 0.597. The first-order valence-corrected chi connectivity index (χ1v) is 3.83. The minimum Gasteiger partial charge on any atom is -0.384 e. The van der Waals surface area contributed by atoms with Crippen LogP contribution >= 0.6 is 0 Å². The van der Waals surface area contributed by atoms with E-state index in [0.29, 0.717) is 6.61 Å². The van der Waals surface area contributed by atoms with Gasteiger partial charge in [0.05, 0.1) is 12.0 Å². The molecule has 1 saturated carbocycles. The highest BCUT2D eigenvalue weighted by Crippen LogP contribution is 2.46. The molecule has 0 N–H and O–H groups in total. The second-order valence-corrected chi connectivity index (χ2v) is 3.41. The van der Waals surface area contributed by atoms with E-state index in [1.807, 2.05) is 0 Å². The fraction of sp³-hybridized carbons (Fsp3) is 0.875. The van der Waals surface area contributed by atoms with Gasteiger partial charge < -0.3 is 9.64 Å². The van der Waals surface area contributed by atoms with Gasteiger partial charge in [-0.25, -0.2) is 0 Å². The molecule has 0 aliphatic heterocycles. The Kier molecular flexibility index (Phi) is 2.18. The van der Waals surface area contributed by atoms with Gasteiger partial charge in [-0.15, -0.1) is 0 Å². The lowest BCUT2D eigenvalue weighted by Gasteiger charge is -2.18. The highest BCUT2D eigenvalue weighted by Gasteiger charge is 2.50. The number of carbonyl (C=O) groups excluding carboxylic acids is 1. The highest BCUT2D eigenvalue weighted by atomic mass is 16.5. The van der Waals surface area contributed by atoms with Crippen LogP contribution in [0.3, 0.4) is 0 Å². The third-order valence-electron chi connectivity index (χ3n) is 2.13. The third-order valence-corrected chi connectivity index (χ3v) is 2.13. The van der Waals surface area contributed by atoms with Crippen molar-refractivity contribution in [3.05, 3.63) is 0 Å². The van der Waals surface area contributed by atoms with E-state index >= 15 is 0 Å². The van der Waals surface area contributed by atoms with Crippen LogP contribution in [-0.2, 0) is 9.53 Å². The minimum absolute atomic E-state index is 0.155. The lowest BCUT2D eigenvalue weighted by molar-refractivity contribution is -0.136. The summed E-state index contributed by atoms with van der Waals surface area (Å²) in [6.07, 6.45) is 1.97. The Labute approximate surface area is 67.3 Å². The summed E-state index contributed by atoms with van der Waals surface area (Å²) in [5, 5.41) is 0. The lowest BCUT2D eigenvalue weighted by atomic mass is 10.1. The molecule has 1 rings (SSSR count). The van der Waals surface area contributed by atoms with Crippen molar-refractivity contribution in [2.75, 3.05) is 27.8 Å². The standard InChI is InChI=1S/C8H15NO2/c1-9(2)7(10)8(4-5-8)6-11-3/h4-6H2,1-3H3. The molecule has 1 aliphatic rings. The number of nitrogens with zero attached hydrogens (tertiary/aromatic N) is 1. The summed E-state index contributed by atoms with van der Waals surface area (Å²) in [7, 11) is 5.22. The van der Waals surface area contributed by atoms with E-state index in [1.54, 1.807) is 26.1 Å². The SMILES string of the molecule is COCC1(C(=O)N(C)C)CC1. The second kappa shape index (κ2) is 2.81. The smallest absolute Gasteiger partial charge is 0.230 e. The van der Waals surface area contributed by atoms with Gasteiger partial charge in [0.2, 0.25) is 5.91 Å². The van der Waals surface area contributed by atoms with Gasteiger partial charge >= 0.3 is 0 Å². The molecule has 64 valence electrons. The van der Waals surface area contributed by atoms with E-state index in [4.69, 9.17) is 4.74 Å². The van der Waals surface area contributed by atoms with E-state index in [0.717, 1.165) is 12.8 Å². The van der Waals surface area contributed by atoms with Crippen molar-refractivity contribution in [2.24, 2.45) is 5.41 Å². The minimum atomic E-state index is -0.155. The second-order valence-electron chi connectivity index (χ2n) is 3.41. The van der Waals surface area contributed by atoms with Gasteiger partial charge in [-0.3, -0.25) is 4.79 Å².